The molecular formula is C14H14BrNOS. The van der Waals surface area contributed by atoms with Gasteiger partial charge >= 0.3 is 0 Å². The van der Waals surface area contributed by atoms with Crippen molar-refractivity contribution in [1.29, 1.82) is 0 Å². The molecule has 2 heterocycles. The van der Waals surface area contributed by atoms with E-state index in [0.29, 0.717) is 5.92 Å². The Morgan fingerprint density at radius 3 is 2.83 bits per heavy atom. The van der Waals surface area contributed by atoms with Gasteiger partial charge in [-0.3, -0.25) is 0 Å². The van der Waals surface area contributed by atoms with Crippen molar-refractivity contribution in [2.45, 2.75) is 18.8 Å². The second-order valence-electron chi connectivity index (χ2n) is 4.49. The van der Waals surface area contributed by atoms with Crippen LogP contribution in [0.15, 0.2) is 34.1 Å². The van der Waals surface area contributed by atoms with E-state index in [1.165, 1.54) is 17.0 Å². The van der Waals surface area contributed by atoms with E-state index in [1.807, 2.05) is 0 Å². The molecule has 1 aromatic heterocycles. The molecule has 1 unspecified atom stereocenters. The fourth-order valence-corrected chi connectivity index (χ4v) is 3.38. The van der Waals surface area contributed by atoms with Crippen molar-refractivity contribution in [2.24, 2.45) is 0 Å². The van der Waals surface area contributed by atoms with E-state index in [0.717, 1.165) is 29.8 Å². The van der Waals surface area contributed by atoms with E-state index >= 15 is 0 Å². The Labute approximate surface area is 119 Å². The van der Waals surface area contributed by atoms with E-state index in [9.17, 15) is 0 Å². The van der Waals surface area contributed by atoms with Gasteiger partial charge in [-0.2, -0.15) is 0 Å². The van der Waals surface area contributed by atoms with Gasteiger partial charge in [-0.05, 0) is 25.0 Å². The van der Waals surface area contributed by atoms with E-state index < -0.39 is 0 Å². The Morgan fingerprint density at radius 1 is 1.28 bits per heavy atom. The highest BCUT2D eigenvalue weighted by Gasteiger charge is 2.19. The molecule has 1 atom stereocenters. The third kappa shape index (κ3) is 2.66. The van der Waals surface area contributed by atoms with Crippen LogP contribution in [0.4, 0.5) is 0 Å². The van der Waals surface area contributed by atoms with Gasteiger partial charge in [-0.1, -0.05) is 28.1 Å². The molecule has 1 saturated heterocycles. The first-order valence-electron chi connectivity index (χ1n) is 6.12. The highest BCUT2D eigenvalue weighted by atomic mass is 79.9. The van der Waals surface area contributed by atoms with Gasteiger partial charge in [-0.25, -0.2) is 4.98 Å². The summed E-state index contributed by atoms with van der Waals surface area (Å²) in [6, 6.07) is 8.30. The van der Waals surface area contributed by atoms with Gasteiger partial charge in [0.05, 0.1) is 17.3 Å². The Hall–Kier alpha value is -0.710. The zero-order valence-corrected chi connectivity index (χ0v) is 12.3. The quantitative estimate of drug-likeness (QED) is 0.813. The molecule has 94 valence electrons. The minimum atomic E-state index is 0.493. The standard InChI is InChI=1S/C14H14BrNOS/c15-12-5-3-10(4-6-12)13-9-18-14(16-13)11-2-1-7-17-8-11/h3-6,9,11H,1-2,7-8H2. The number of thiazole rings is 1. The maximum atomic E-state index is 5.53. The summed E-state index contributed by atoms with van der Waals surface area (Å²) in [6.45, 7) is 1.73. The number of aromatic nitrogens is 1. The molecule has 18 heavy (non-hydrogen) atoms. The SMILES string of the molecule is Brc1ccc(-c2csc(C3CCCOC3)n2)cc1. The van der Waals surface area contributed by atoms with Crippen molar-refractivity contribution in [2.75, 3.05) is 13.2 Å². The van der Waals surface area contributed by atoms with Crippen LogP contribution in [-0.2, 0) is 4.74 Å². The predicted octanol–water partition coefficient (Wildman–Crippen LogP) is 4.47. The Bertz CT molecular complexity index is 517. The molecule has 2 aromatic rings. The van der Waals surface area contributed by atoms with Crippen LogP contribution >= 0.6 is 27.3 Å². The number of nitrogens with zero attached hydrogens (tertiary/aromatic N) is 1. The van der Waals surface area contributed by atoms with Crippen molar-refractivity contribution in [3.8, 4) is 11.3 Å². The first kappa shape index (κ1) is 12.3. The zero-order valence-electron chi connectivity index (χ0n) is 9.93. The van der Waals surface area contributed by atoms with E-state index in [1.54, 1.807) is 11.3 Å². The molecular weight excluding hydrogens is 310 g/mol. The Morgan fingerprint density at radius 2 is 2.11 bits per heavy atom. The lowest BCUT2D eigenvalue weighted by Gasteiger charge is -2.19. The minimum Gasteiger partial charge on any atom is -0.381 e. The summed E-state index contributed by atoms with van der Waals surface area (Å²) in [4.78, 5) is 4.76. The third-order valence-corrected chi connectivity index (χ3v) is 4.71. The van der Waals surface area contributed by atoms with E-state index in [-0.39, 0.29) is 0 Å². The molecule has 0 amide bonds. The van der Waals surface area contributed by atoms with Gasteiger partial charge in [-0.15, -0.1) is 11.3 Å². The van der Waals surface area contributed by atoms with Gasteiger partial charge in [0, 0.05) is 27.9 Å². The Kier molecular flexibility index (Phi) is 3.77. The molecule has 0 bridgehead atoms. The van der Waals surface area contributed by atoms with Crippen molar-refractivity contribution < 1.29 is 4.74 Å². The van der Waals surface area contributed by atoms with Crippen LogP contribution in [0.3, 0.4) is 0 Å². The second kappa shape index (κ2) is 5.51. The van der Waals surface area contributed by atoms with Crippen molar-refractivity contribution >= 4 is 27.3 Å². The lowest BCUT2D eigenvalue weighted by atomic mass is 10.0. The number of rotatable bonds is 2. The molecule has 1 aromatic carbocycles. The van der Waals surface area contributed by atoms with Crippen LogP contribution in [0.1, 0.15) is 23.8 Å². The summed E-state index contributed by atoms with van der Waals surface area (Å²) in [5.74, 6) is 0.493. The molecule has 0 N–H and O–H groups in total. The van der Waals surface area contributed by atoms with Crippen molar-refractivity contribution in [3.63, 3.8) is 0 Å². The lowest BCUT2D eigenvalue weighted by Crippen LogP contribution is -2.15. The number of ether oxygens (including phenoxy) is 1. The lowest BCUT2D eigenvalue weighted by molar-refractivity contribution is 0.0804. The third-order valence-electron chi connectivity index (χ3n) is 3.17. The number of hydrogen-bond acceptors (Lipinski definition) is 3. The smallest absolute Gasteiger partial charge is 0.0986 e. The van der Waals surface area contributed by atoms with E-state index in [4.69, 9.17) is 9.72 Å². The second-order valence-corrected chi connectivity index (χ2v) is 6.30. The highest BCUT2D eigenvalue weighted by molar-refractivity contribution is 9.10. The Balaban J connectivity index is 1.82. The van der Waals surface area contributed by atoms with Crippen LogP contribution in [0.25, 0.3) is 11.3 Å². The molecule has 1 aliphatic heterocycles. The largest absolute Gasteiger partial charge is 0.381 e. The number of halogens is 1. The van der Waals surface area contributed by atoms with Gasteiger partial charge in [0.2, 0.25) is 0 Å². The molecule has 1 aliphatic rings. The van der Waals surface area contributed by atoms with Gasteiger partial charge in [0.25, 0.3) is 0 Å². The normalized spacial score (nSPS) is 19.9. The summed E-state index contributed by atoms with van der Waals surface area (Å²) >= 11 is 5.20. The molecule has 0 aliphatic carbocycles. The topological polar surface area (TPSA) is 22.1 Å². The minimum absolute atomic E-state index is 0.493. The average molecular weight is 324 g/mol. The summed E-state index contributed by atoms with van der Waals surface area (Å²) in [6.07, 6.45) is 2.35. The summed E-state index contributed by atoms with van der Waals surface area (Å²) in [5.41, 5.74) is 2.26. The summed E-state index contributed by atoms with van der Waals surface area (Å²) < 4.78 is 6.63. The first-order chi connectivity index (χ1) is 8.83. The number of benzene rings is 1. The van der Waals surface area contributed by atoms with Crippen LogP contribution < -0.4 is 0 Å². The molecule has 0 saturated carbocycles. The summed E-state index contributed by atoms with van der Waals surface area (Å²) in [7, 11) is 0. The number of hydrogen-bond donors (Lipinski definition) is 0. The van der Waals surface area contributed by atoms with Gasteiger partial charge < -0.3 is 4.74 Å². The molecule has 0 spiro atoms. The zero-order chi connectivity index (χ0) is 12.4. The predicted molar refractivity (Wildman–Crippen MR) is 78.0 cm³/mol. The molecule has 2 nitrogen and oxygen atoms in total. The maximum Gasteiger partial charge on any atom is 0.0986 e. The van der Waals surface area contributed by atoms with Gasteiger partial charge in [0.1, 0.15) is 0 Å². The first-order valence-corrected chi connectivity index (χ1v) is 7.79. The van der Waals surface area contributed by atoms with Crippen LogP contribution in [0, 0.1) is 0 Å². The fourth-order valence-electron chi connectivity index (χ4n) is 2.16. The molecule has 0 radical (unpaired) electrons. The molecule has 1 fully saturated rings. The van der Waals surface area contributed by atoms with E-state index in [2.05, 4.69) is 45.6 Å². The monoisotopic (exact) mass is 323 g/mol. The van der Waals surface area contributed by atoms with Crippen LogP contribution in [0.2, 0.25) is 0 Å². The fraction of sp³-hybridized carbons (Fsp3) is 0.357. The summed E-state index contributed by atoms with van der Waals surface area (Å²) in [5, 5.41) is 3.36. The van der Waals surface area contributed by atoms with Crippen LogP contribution in [-0.4, -0.2) is 18.2 Å². The van der Waals surface area contributed by atoms with Crippen LogP contribution in [0.5, 0.6) is 0 Å². The highest BCUT2D eigenvalue weighted by Crippen LogP contribution is 2.31. The van der Waals surface area contributed by atoms with Crippen molar-refractivity contribution in [1.82, 2.24) is 4.98 Å². The van der Waals surface area contributed by atoms with Crippen molar-refractivity contribution in [3.05, 3.63) is 39.1 Å². The van der Waals surface area contributed by atoms with Gasteiger partial charge in [0.15, 0.2) is 0 Å². The average Bonchev–Trinajstić information content (AvgIpc) is 2.90. The molecule has 4 heteroatoms. The molecule has 3 rings (SSSR count). The maximum absolute atomic E-state index is 5.53.